The lowest BCUT2D eigenvalue weighted by atomic mass is 9.99. The highest BCUT2D eigenvalue weighted by molar-refractivity contribution is 7.90. The number of hydrazine groups is 1. The van der Waals surface area contributed by atoms with Gasteiger partial charge in [0.05, 0.1) is 10.6 Å². The van der Waals surface area contributed by atoms with Gasteiger partial charge in [0.25, 0.3) is 5.91 Å². The first-order valence-electron chi connectivity index (χ1n) is 11.7. The predicted molar refractivity (Wildman–Crippen MR) is 134 cm³/mol. The molecular formula is C27H30FN3O3S. The summed E-state index contributed by atoms with van der Waals surface area (Å²) in [4.78, 5) is 14.9. The Morgan fingerprint density at radius 3 is 2.54 bits per heavy atom. The lowest BCUT2D eigenvalue weighted by molar-refractivity contribution is 0.0791. The van der Waals surface area contributed by atoms with Crippen LogP contribution in [0.4, 0.5) is 4.39 Å². The second kappa shape index (κ2) is 11.1. The van der Waals surface area contributed by atoms with Gasteiger partial charge in [-0.3, -0.25) is 15.6 Å². The van der Waals surface area contributed by atoms with Crippen molar-refractivity contribution in [2.45, 2.75) is 42.0 Å². The van der Waals surface area contributed by atoms with Gasteiger partial charge in [-0.15, -0.1) is 0 Å². The van der Waals surface area contributed by atoms with E-state index in [0.29, 0.717) is 17.7 Å². The van der Waals surface area contributed by atoms with Crippen molar-refractivity contribution in [3.05, 3.63) is 101 Å². The number of sulfone groups is 1. The van der Waals surface area contributed by atoms with Gasteiger partial charge < -0.3 is 4.90 Å². The zero-order valence-corrected chi connectivity index (χ0v) is 20.5. The van der Waals surface area contributed by atoms with Crippen LogP contribution in [-0.2, 0) is 15.6 Å². The van der Waals surface area contributed by atoms with Crippen molar-refractivity contribution in [2.24, 2.45) is 0 Å². The molecule has 1 heterocycles. The lowest BCUT2D eigenvalue weighted by Gasteiger charge is -2.19. The van der Waals surface area contributed by atoms with Crippen molar-refractivity contribution in [3.8, 4) is 0 Å². The number of carbonyl (C=O) groups excluding carboxylic acids is 1. The van der Waals surface area contributed by atoms with Crippen molar-refractivity contribution >= 4 is 15.7 Å². The van der Waals surface area contributed by atoms with Crippen LogP contribution < -0.4 is 10.9 Å². The molecule has 8 heteroatoms. The number of rotatable bonds is 9. The molecule has 3 aromatic rings. The fourth-order valence-corrected chi connectivity index (χ4v) is 5.73. The summed E-state index contributed by atoms with van der Waals surface area (Å²) in [6.45, 7) is 0.578. The fraction of sp³-hybridized carbons (Fsp3) is 0.296. The smallest absolute Gasteiger partial charge is 0.253 e. The molecule has 6 nitrogen and oxygen atoms in total. The Morgan fingerprint density at radius 1 is 1.00 bits per heavy atom. The minimum absolute atomic E-state index is 0.0602. The van der Waals surface area contributed by atoms with E-state index in [1.165, 1.54) is 6.07 Å². The van der Waals surface area contributed by atoms with Crippen molar-refractivity contribution in [1.82, 2.24) is 15.8 Å². The van der Waals surface area contributed by atoms with Gasteiger partial charge >= 0.3 is 0 Å². The Bertz CT molecular complexity index is 1270. The quantitative estimate of drug-likeness (QED) is 0.464. The second-order valence-corrected chi connectivity index (χ2v) is 11.0. The Hall–Kier alpha value is -3.07. The summed E-state index contributed by atoms with van der Waals surface area (Å²) in [5.41, 5.74) is 8.47. The monoisotopic (exact) mass is 495 g/mol. The molecule has 1 saturated heterocycles. The Balaban J connectivity index is 1.28. The normalized spacial score (nSPS) is 17.9. The van der Waals surface area contributed by atoms with Crippen LogP contribution >= 0.6 is 0 Å². The van der Waals surface area contributed by atoms with Gasteiger partial charge in [-0.25, -0.2) is 12.8 Å². The summed E-state index contributed by atoms with van der Waals surface area (Å²) in [6.07, 6.45) is 2.52. The molecule has 1 fully saturated rings. The average molecular weight is 496 g/mol. The lowest BCUT2D eigenvalue weighted by Crippen LogP contribution is -2.32. The molecule has 0 radical (unpaired) electrons. The number of halogens is 1. The molecule has 0 aliphatic carbocycles. The van der Waals surface area contributed by atoms with Crippen LogP contribution in [0.5, 0.6) is 0 Å². The largest absolute Gasteiger partial charge is 0.342 e. The van der Waals surface area contributed by atoms with E-state index in [1.807, 2.05) is 6.07 Å². The summed E-state index contributed by atoms with van der Waals surface area (Å²) in [6, 6.07) is 22.0. The number of nitrogens with zero attached hydrogens (tertiary/aromatic N) is 1. The maximum atomic E-state index is 13.5. The number of carbonyl (C=O) groups is 1. The first-order valence-corrected chi connectivity index (χ1v) is 13.4. The Kier molecular flexibility index (Phi) is 7.95. The number of nitrogens with one attached hydrogen (secondary N) is 2. The molecule has 184 valence electrons. The van der Waals surface area contributed by atoms with Gasteiger partial charge in [0, 0.05) is 31.2 Å². The molecule has 2 unspecified atom stereocenters. The predicted octanol–water partition coefficient (Wildman–Crippen LogP) is 4.26. The molecule has 1 aliphatic heterocycles. The van der Waals surface area contributed by atoms with Crippen LogP contribution in [0.3, 0.4) is 0 Å². The molecule has 0 saturated carbocycles. The minimum Gasteiger partial charge on any atom is -0.342 e. The average Bonchev–Trinajstić information content (AvgIpc) is 3.33. The molecule has 1 aliphatic rings. The molecule has 1 amide bonds. The molecule has 0 spiro atoms. The van der Waals surface area contributed by atoms with Crippen LogP contribution in [0.1, 0.15) is 46.8 Å². The van der Waals surface area contributed by atoms with Gasteiger partial charge in [0.15, 0.2) is 9.84 Å². The van der Waals surface area contributed by atoms with Crippen LogP contribution in [0.15, 0.2) is 83.8 Å². The third-order valence-electron chi connectivity index (χ3n) is 6.26. The molecule has 2 N–H and O–H groups in total. The summed E-state index contributed by atoms with van der Waals surface area (Å²) >= 11 is 0. The highest BCUT2D eigenvalue weighted by Crippen LogP contribution is 2.25. The van der Waals surface area contributed by atoms with Gasteiger partial charge in [0.1, 0.15) is 5.82 Å². The van der Waals surface area contributed by atoms with Crippen LogP contribution in [0, 0.1) is 5.82 Å². The van der Waals surface area contributed by atoms with E-state index in [-0.39, 0.29) is 34.5 Å². The maximum Gasteiger partial charge on any atom is 0.253 e. The Morgan fingerprint density at radius 2 is 1.77 bits per heavy atom. The van der Waals surface area contributed by atoms with E-state index in [2.05, 4.69) is 10.9 Å². The second-order valence-electron chi connectivity index (χ2n) is 8.97. The number of benzene rings is 3. The summed E-state index contributed by atoms with van der Waals surface area (Å²) in [7, 11) is -1.73. The van der Waals surface area contributed by atoms with Crippen LogP contribution in [0.2, 0.25) is 0 Å². The van der Waals surface area contributed by atoms with Crippen molar-refractivity contribution < 1.29 is 17.6 Å². The van der Waals surface area contributed by atoms with E-state index in [9.17, 15) is 17.6 Å². The molecular weight excluding hydrogens is 465 g/mol. The van der Waals surface area contributed by atoms with Crippen LogP contribution in [-0.4, -0.2) is 38.9 Å². The number of hydrogen-bond acceptors (Lipinski definition) is 5. The van der Waals surface area contributed by atoms with Crippen molar-refractivity contribution in [1.29, 1.82) is 0 Å². The van der Waals surface area contributed by atoms with E-state index in [0.717, 1.165) is 24.8 Å². The standard InChI is InChI=1S/C27H30FN3O3S/c1-31(15-7-12-24-18-26(30-29-24)21-9-6-11-23(28)17-21)27(32)22-10-5-8-20(16-22)19-35(33,34)25-13-3-2-4-14-25/h2-6,8-11,13-14,16-17,24,26,29-30H,7,12,15,18-19H2,1H3. The molecule has 0 bridgehead atoms. The third kappa shape index (κ3) is 6.54. The van der Waals surface area contributed by atoms with Gasteiger partial charge in [-0.05, 0) is 66.8 Å². The van der Waals surface area contributed by atoms with Crippen LogP contribution in [0.25, 0.3) is 0 Å². The highest BCUT2D eigenvalue weighted by atomic mass is 32.2. The summed E-state index contributed by atoms with van der Waals surface area (Å²) in [5, 5.41) is 0. The van der Waals surface area contributed by atoms with E-state index in [4.69, 9.17) is 0 Å². The number of amides is 1. The number of hydrogen-bond donors (Lipinski definition) is 2. The van der Waals surface area contributed by atoms with Gasteiger partial charge in [-0.2, -0.15) is 0 Å². The highest BCUT2D eigenvalue weighted by Gasteiger charge is 2.25. The first-order chi connectivity index (χ1) is 16.8. The summed E-state index contributed by atoms with van der Waals surface area (Å²) in [5.74, 6) is -0.539. The van der Waals surface area contributed by atoms with Gasteiger partial charge in [-0.1, -0.05) is 42.5 Å². The molecule has 3 aromatic carbocycles. The third-order valence-corrected chi connectivity index (χ3v) is 7.96. The molecule has 2 atom stereocenters. The zero-order valence-electron chi connectivity index (χ0n) is 19.7. The molecule has 35 heavy (non-hydrogen) atoms. The van der Waals surface area contributed by atoms with E-state index in [1.54, 1.807) is 78.7 Å². The Labute approximate surface area is 206 Å². The zero-order chi connectivity index (χ0) is 24.8. The molecule has 0 aromatic heterocycles. The molecule has 4 rings (SSSR count). The maximum absolute atomic E-state index is 13.5. The van der Waals surface area contributed by atoms with E-state index >= 15 is 0 Å². The SMILES string of the molecule is CN(CCCC1CC(c2cccc(F)c2)NN1)C(=O)c1cccc(CS(=O)(=O)c2ccccc2)c1. The van der Waals surface area contributed by atoms with Crippen molar-refractivity contribution in [2.75, 3.05) is 13.6 Å². The first kappa shape index (κ1) is 25.0. The van der Waals surface area contributed by atoms with Crippen molar-refractivity contribution in [3.63, 3.8) is 0 Å². The minimum atomic E-state index is -3.49. The topological polar surface area (TPSA) is 78.5 Å². The fourth-order valence-electron chi connectivity index (χ4n) is 4.38. The summed E-state index contributed by atoms with van der Waals surface area (Å²) < 4.78 is 38.9. The van der Waals surface area contributed by atoms with E-state index < -0.39 is 9.84 Å². The van der Waals surface area contributed by atoms with Gasteiger partial charge in [0.2, 0.25) is 0 Å².